The Morgan fingerprint density at radius 3 is 2.89 bits per heavy atom. The van der Waals surface area contributed by atoms with Crippen LogP contribution >= 0.6 is 0 Å². The minimum Gasteiger partial charge on any atom is -0.389 e. The van der Waals surface area contributed by atoms with Crippen LogP contribution in [0.15, 0.2) is 0 Å². The normalized spacial score (nSPS) is 29.8. The molecule has 0 amide bonds. The van der Waals surface area contributed by atoms with E-state index in [1.165, 1.54) is 19.3 Å². The quantitative estimate of drug-likeness (QED) is 0.705. The molecule has 0 aromatic heterocycles. The van der Waals surface area contributed by atoms with Gasteiger partial charge in [0.05, 0.1) is 17.8 Å². The maximum atomic E-state index is 10.6. The van der Waals surface area contributed by atoms with Gasteiger partial charge in [-0.15, -0.1) is 0 Å². The van der Waals surface area contributed by atoms with Crippen molar-refractivity contribution in [1.82, 2.24) is 5.32 Å². The Hall–Kier alpha value is -0.160. The molecule has 0 aromatic carbocycles. The maximum absolute atomic E-state index is 10.6. The fraction of sp³-hybridized carbons (Fsp3) is 1.00. The van der Waals surface area contributed by atoms with Gasteiger partial charge in [0.2, 0.25) is 0 Å². The van der Waals surface area contributed by atoms with Crippen LogP contribution in [0.25, 0.3) is 0 Å². The van der Waals surface area contributed by atoms with Gasteiger partial charge in [-0.05, 0) is 44.9 Å². The van der Waals surface area contributed by atoms with E-state index in [1.807, 2.05) is 6.92 Å². The van der Waals surface area contributed by atoms with Crippen LogP contribution in [-0.2, 0) is 9.47 Å². The average molecular weight is 257 g/mol. The standard InChI is InChI=1S/C14H27NO3/c1-13(16,11-15-7-9-17-2)12-4-8-18-14(10-12)5-3-6-14/h12,15-16H,3-11H2,1-2H3. The largest absolute Gasteiger partial charge is 0.389 e. The lowest BCUT2D eigenvalue weighted by Gasteiger charge is -2.50. The molecule has 0 radical (unpaired) electrons. The first-order valence-electron chi connectivity index (χ1n) is 7.14. The molecule has 1 spiro atoms. The van der Waals surface area contributed by atoms with Crippen molar-refractivity contribution < 1.29 is 14.6 Å². The molecule has 4 heteroatoms. The molecule has 2 rings (SSSR count). The van der Waals surface area contributed by atoms with Crippen molar-refractivity contribution in [2.75, 3.05) is 33.4 Å². The molecule has 0 bridgehead atoms. The predicted molar refractivity (Wildman–Crippen MR) is 70.6 cm³/mol. The SMILES string of the molecule is COCCNCC(C)(O)C1CCOC2(CCC2)C1. The summed E-state index contributed by atoms with van der Waals surface area (Å²) < 4.78 is 10.9. The molecule has 1 heterocycles. The molecular weight excluding hydrogens is 230 g/mol. The molecule has 2 atom stereocenters. The third-order valence-corrected chi connectivity index (χ3v) is 4.60. The highest BCUT2D eigenvalue weighted by Gasteiger charge is 2.46. The third-order valence-electron chi connectivity index (χ3n) is 4.60. The summed E-state index contributed by atoms with van der Waals surface area (Å²) in [6.45, 7) is 4.87. The maximum Gasteiger partial charge on any atom is 0.0773 e. The fourth-order valence-corrected chi connectivity index (χ4v) is 3.14. The molecular formula is C14H27NO3. The highest BCUT2D eigenvalue weighted by Crippen LogP contribution is 2.46. The average Bonchev–Trinajstić information content (AvgIpc) is 2.33. The zero-order valence-electron chi connectivity index (χ0n) is 11.7. The van der Waals surface area contributed by atoms with Gasteiger partial charge < -0.3 is 19.9 Å². The number of hydrogen-bond acceptors (Lipinski definition) is 4. The van der Waals surface area contributed by atoms with Crippen molar-refractivity contribution in [1.29, 1.82) is 0 Å². The van der Waals surface area contributed by atoms with Gasteiger partial charge >= 0.3 is 0 Å². The van der Waals surface area contributed by atoms with Gasteiger partial charge in [0.25, 0.3) is 0 Å². The third kappa shape index (κ3) is 3.23. The van der Waals surface area contributed by atoms with E-state index in [2.05, 4.69) is 5.32 Å². The van der Waals surface area contributed by atoms with Gasteiger partial charge in [-0.1, -0.05) is 0 Å². The molecule has 1 aliphatic heterocycles. The summed E-state index contributed by atoms with van der Waals surface area (Å²) >= 11 is 0. The molecule has 2 unspecified atom stereocenters. The Morgan fingerprint density at radius 2 is 2.28 bits per heavy atom. The van der Waals surface area contributed by atoms with Crippen molar-refractivity contribution in [3.05, 3.63) is 0 Å². The Morgan fingerprint density at radius 1 is 1.50 bits per heavy atom. The molecule has 2 fully saturated rings. The summed E-state index contributed by atoms with van der Waals surface area (Å²) in [7, 11) is 1.69. The number of ether oxygens (including phenoxy) is 2. The lowest BCUT2D eigenvalue weighted by atomic mass is 9.68. The molecule has 2 aliphatic rings. The first-order chi connectivity index (χ1) is 8.58. The van der Waals surface area contributed by atoms with Crippen LogP contribution in [0.1, 0.15) is 39.0 Å². The van der Waals surface area contributed by atoms with E-state index in [0.29, 0.717) is 19.1 Å². The molecule has 0 aromatic rings. The Labute approximate surface area is 110 Å². The second kappa shape index (κ2) is 5.87. The minimum absolute atomic E-state index is 0.111. The summed E-state index contributed by atoms with van der Waals surface area (Å²) in [5.74, 6) is 0.349. The number of nitrogens with one attached hydrogen (secondary N) is 1. The van der Waals surface area contributed by atoms with Gasteiger partial charge in [0.1, 0.15) is 0 Å². The first kappa shape index (κ1) is 14.3. The van der Waals surface area contributed by atoms with E-state index in [4.69, 9.17) is 9.47 Å². The number of aliphatic hydroxyl groups is 1. The van der Waals surface area contributed by atoms with E-state index < -0.39 is 5.60 Å². The summed E-state index contributed by atoms with van der Waals surface area (Å²) in [4.78, 5) is 0. The molecule has 1 aliphatic carbocycles. The first-order valence-corrected chi connectivity index (χ1v) is 7.14. The van der Waals surface area contributed by atoms with Crippen LogP contribution in [-0.4, -0.2) is 49.7 Å². The van der Waals surface area contributed by atoms with Gasteiger partial charge in [0, 0.05) is 26.8 Å². The van der Waals surface area contributed by atoms with Gasteiger partial charge in [-0.2, -0.15) is 0 Å². The molecule has 1 saturated carbocycles. The van der Waals surface area contributed by atoms with Crippen LogP contribution in [0.2, 0.25) is 0 Å². The number of hydrogen-bond donors (Lipinski definition) is 2. The highest BCUT2D eigenvalue weighted by atomic mass is 16.5. The number of rotatable bonds is 6. The monoisotopic (exact) mass is 257 g/mol. The van der Waals surface area contributed by atoms with Crippen molar-refractivity contribution in [2.24, 2.45) is 5.92 Å². The second-order valence-electron chi connectivity index (χ2n) is 6.10. The fourth-order valence-electron chi connectivity index (χ4n) is 3.14. The molecule has 4 nitrogen and oxygen atoms in total. The second-order valence-corrected chi connectivity index (χ2v) is 6.10. The van der Waals surface area contributed by atoms with Crippen molar-refractivity contribution in [2.45, 2.75) is 50.2 Å². The van der Waals surface area contributed by atoms with Crippen LogP contribution in [0.3, 0.4) is 0 Å². The summed E-state index contributed by atoms with van der Waals surface area (Å²) in [5, 5.41) is 13.9. The number of methoxy groups -OCH3 is 1. The van der Waals surface area contributed by atoms with Crippen LogP contribution < -0.4 is 5.32 Å². The molecule has 2 N–H and O–H groups in total. The predicted octanol–water partition coefficient (Wildman–Crippen LogP) is 1.32. The van der Waals surface area contributed by atoms with Crippen molar-refractivity contribution in [3.63, 3.8) is 0 Å². The Balaban J connectivity index is 1.80. The topological polar surface area (TPSA) is 50.7 Å². The summed E-state index contributed by atoms with van der Waals surface area (Å²) in [6, 6.07) is 0. The van der Waals surface area contributed by atoms with Gasteiger partial charge in [-0.25, -0.2) is 0 Å². The summed E-state index contributed by atoms with van der Waals surface area (Å²) in [6.07, 6.45) is 5.63. The van der Waals surface area contributed by atoms with E-state index in [1.54, 1.807) is 7.11 Å². The Kier molecular flexibility index (Phi) is 4.64. The van der Waals surface area contributed by atoms with E-state index in [9.17, 15) is 5.11 Å². The molecule has 18 heavy (non-hydrogen) atoms. The van der Waals surface area contributed by atoms with E-state index in [-0.39, 0.29) is 5.60 Å². The summed E-state index contributed by atoms with van der Waals surface area (Å²) in [5.41, 5.74) is -0.528. The van der Waals surface area contributed by atoms with E-state index in [0.717, 1.165) is 26.0 Å². The minimum atomic E-state index is -0.639. The van der Waals surface area contributed by atoms with E-state index >= 15 is 0 Å². The Bertz CT molecular complexity index is 264. The van der Waals surface area contributed by atoms with Crippen molar-refractivity contribution in [3.8, 4) is 0 Å². The van der Waals surface area contributed by atoms with Crippen LogP contribution in [0.5, 0.6) is 0 Å². The smallest absolute Gasteiger partial charge is 0.0773 e. The zero-order valence-corrected chi connectivity index (χ0v) is 11.7. The van der Waals surface area contributed by atoms with Crippen LogP contribution in [0.4, 0.5) is 0 Å². The molecule has 1 saturated heterocycles. The van der Waals surface area contributed by atoms with Crippen molar-refractivity contribution >= 4 is 0 Å². The van der Waals surface area contributed by atoms with Crippen LogP contribution in [0, 0.1) is 5.92 Å². The molecule has 106 valence electrons. The van der Waals surface area contributed by atoms with Gasteiger partial charge in [-0.3, -0.25) is 0 Å². The lowest BCUT2D eigenvalue weighted by molar-refractivity contribution is -0.171. The lowest BCUT2D eigenvalue weighted by Crippen LogP contribution is -2.53. The highest BCUT2D eigenvalue weighted by molar-refractivity contribution is 4.98. The van der Waals surface area contributed by atoms with Gasteiger partial charge in [0.15, 0.2) is 0 Å². The zero-order chi connectivity index (χ0) is 13.1.